The average Bonchev–Trinajstić information content (AvgIpc) is 3.30. The van der Waals surface area contributed by atoms with E-state index in [2.05, 4.69) is 67.7 Å². The van der Waals surface area contributed by atoms with E-state index < -0.39 is 5.54 Å². The highest BCUT2D eigenvalue weighted by Gasteiger charge is 2.45. The second kappa shape index (κ2) is 7.82. The molecule has 1 saturated heterocycles. The smallest absolute Gasteiger partial charge is 0.320 e. The van der Waals surface area contributed by atoms with Crippen LogP contribution in [0.1, 0.15) is 54.9 Å². The molecule has 0 radical (unpaired) electrons. The molecule has 1 aliphatic carbocycles. The highest BCUT2D eigenvalue weighted by molar-refractivity contribution is 5.82. The van der Waals surface area contributed by atoms with Gasteiger partial charge in [-0.15, -0.1) is 0 Å². The summed E-state index contributed by atoms with van der Waals surface area (Å²) >= 11 is 0. The van der Waals surface area contributed by atoms with E-state index >= 15 is 0 Å². The molecule has 2 fully saturated rings. The van der Waals surface area contributed by atoms with E-state index in [1.54, 1.807) is 0 Å². The number of rotatable bonds is 5. The SMILES string of the molecule is C=C1C(C)=CC=CN1CC1(c2cc(C)c(CC3CCCC3)c(C)c2)NC(=O)NC1=C. The van der Waals surface area contributed by atoms with Crippen LogP contribution in [0, 0.1) is 19.8 Å². The van der Waals surface area contributed by atoms with Crippen molar-refractivity contribution in [2.24, 2.45) is 5.92 Å². The third-order valence-corrected chi connectivity index (χ3v) is 7.08. The van der Waals surface area contributed by atoms with E-state index in [9.17, 15) is 4.79 Å². The molecule has 4 nitrogen and oxygen atoms in total. The molecule has 1 aromatic rings. The second-order valence-corrected chi connectivity index (χ2v) is 9.17. The van der Waals surface area contributed by atoms with Crippen LogP contribution in [-0.2, 0) is 12.0 Å². The van der Waals surface area contributed by atoms with Crippen LogP contribution < -0.4 is 10.6 Å². The average molecular weight is 404 g/mol. The van der Waals surface area contributed by atoms with Crippen LogP contribution in [0.15, 0.2) is 60.6 Å². The Kier molecular flexibility index (Phi) is 5.35. The molecule has 1 unspecified atom stereocenters. The van der Waals surface area contributed by atoms with Gasteiger partial charge in [-0.25, -0.2) is 4.79 Å². The minimum absolute atomic E-state index is 0.204. The van der Waals surface area contributed by atoms with Gasteiger partial charge in [-0.2, -0.15) is 0 Å². The summed E-state index contributed by atoms with van der Waals surface area (Å²) < 4.78 is 0. The van der Waals surface area contributed by atoms with Crippen LogP contribution >= 0.6 is 0 Å². The molecule has 2 aliphatic heterocycles. The van der Waals surface area contributed by atoms with Crippen molar-refractivity contribution in [3.8, 4) is 0 Å². The summed E-state index contributed by atoms with van der Waals surface area (Å²) in [5.41, 5.74) is 7.18. The molecule has 0 spiro atoms. The second-order valence-electron chi connectivity index (χ2n) is 9.17. The molecule has 1 aromatic carbocycles. The Labute approximate surface area is 180 Å². The van der Waals surface area contributed by atoms with Gasteiger partial charge in [-0.1, -0.05) is 57.0 Å². The lowest BCUT2D eigenvalue weighted by Gasteiger charge is -2.37. The maximum absolute atomic E-state index is 12.3. The van der Waals surface area contributed by atoms with Crippen LogP contribution in [0.2, 0.25) is 0 Å². The van der Waals surface area contributed by atoms with Gasteiger partial charge in [-0.05, 0) is 67.0 Å². The van der Waals surface area contributed by atoms with E-state index in [4.69, 9.17) is 0 Å². The van der Waals surface area contributed by atoms with Crippen molar-refractivity contribution in [1.82, 2.24) is 15.5 Å². The highest BCUT2D eigenvalue weighted by atomic mass is 16.2. The summed E-state index contributed by atoms with van der Waals surface area (Å²) in [6.07, 6.45) is 12.7. The van der Waals surface area contributed by atoms with Gasteiger partial charge in [0.2, 0.25) is 0 Å². The predicted molar refractivity (Wildman–Crippen MR) is 123 cm³/mol. The minimum Gasteiger partial charge on any atom is -0.345 e. The third-order valence-electron chi connectivity index (χ3n) is 7.08. The maximum Gasteiger partial charge on any atom is 0.320 e. The Hall–Kier alpha value is -2.75. The van der Waals surface area contributed by atoms with Gasteiger partial charge in [0.05, 0.1) is 6.54 Å². The molecule has 2 heterocycles. The fourth-order valence-electron chi connectivity index (χ4n) is 5.19. The Morgan fingerprint density at radius 3 is 2.40 bits per heavy atom. The summed E-state index contributed by atoms with van der Waals surface area (Å²) in [5.74, 6) is 0.807. The van der Waals surface area contributed by atoms with E-state index in [0.717, 1.165) is 29.2 Å². The van der Waals surface area contributed by atoms with Gasteiger partial charge < -0.3 is 15.5 Å². The number of nitrogens with one attached hydrogen (secondary N) is 2. The van der Waals surface area contributed by atoms with Crippen molar-refractivity contribution >= 4 is 6.03 Å². The fraction of sp³-hybridized carbons (Fsp3) is 0.423. The number of aryl methyl sites for hydroxylation is 2. The van der Waals surface area contributed by atoms with E-state index in [-0.39, 0.29) is 6.03 Å². The zero-order valence-corrected chi connectivity index (χ0v) is 18.5. The van der Waals surface area contributed by atoms with E-state index in [1.807, 2.05) is 12.3 Å². The Morgan fingerprint density at radius 1 is 1.13 bits per heavy atom. The molecule has 30 heavy (non-hydrogen) atoms. The number of carbonyl (C=O) groups is 1. The monoisotopic (exact) mass is 403 g/mol. The van der Waals surface area contributed by atoms with E-state index in [0.29, 0.717) is 12.2 Å². The van der Waals surface area contributed by atoms with Crippen LogP contribution in [-0.4, -0.2) is 17.5 Å². The summed E-state index contributed by atoms with van der Waals surface area (Å²) in [4.78, 5) is 14.4. The first-order valence-corrected chi connectivity index (χ1v) is 11.0. The number of hydrogen-bond donors (Lipinski definition) is 2. The lowest BCUT2D eigenvalue weighted by molar-refractivity contribution is 0.240. The van der Waals surface area contributed by atoms with Crippen LogP contribution in [0.25, 0.3) is 0 Å². The quantitative estimate of drug-likeness (QED) is 0.696. The van der Waals surface area contributed by atoms with Crippen molar-refractivity contribution < 1.29 is 4.79 Å². The van der Waals surface area contributed by atoms with Crippen LogP contribution in [0.3, 0.4) is 0 Å². The number of carbonyl (C=O) groups excluding carboxylic acids is 1. The normalized spacial score (nSPS) is 24.3. The van der Waals surface area contributed by atoms with Crippen molar-refractivity contribution in [3.63, 3.8) is 0 Å². The summed E-state index contributed by atoms with van der Waals surface area (Å²) in [6, 6.07) is 4.29. The van der Waals surface area contributed by atoms with Crippen LogP contribution in [0.4, 0.5) is 4.79 Å². The van der Waals surface area contributed by atoms with Crippen molar-refractivity contribution in [2.45, 2.75) is 58.4 Å². The summed E-state index contributed by atoms with van der Waals surface area (Å²) in [5, 5.41) is 6.07. The van der Waals surface area contributed by atoms with Gasteiger partial charge in [0.1, 0.15) is 5.54 Å². The van der Waals surface area contributed by atoms with E-state index in [1.165, 1.54) is 42.4 Å². The maximum atomic E-state index is 12.3. The molecular formula is C26H33N3O. The number of hydrogen-bond acceptors (Lipinski definition) is 2. The lowest BCUT2D eigenvalue weighted by atomic mass is 9.82. The molecule has 2 N–H and O–H groups in total. The minimum atomic E-state index is -0.705. The summed E-state index contributed by atoms with van der Waals surface area (Å²) in [7, 11) is 0. The number of allylic oxidation sites excluding steroid dienone is 3. The van der Waals surface area contributed by atoms with Gasteiger partial charge >= 0.3 is 6.03 Å². The first-order valence-electron chi connectivity index (χ1n) is 11.0. The van der Waals surface area contributed by atoms with Gasteiger partial charge in [0.15, 0.2) is 0 Å². The molecule has 0 aromatic heterocycles. The fourth-order valence-corrected chi connectivity index (χ4v) is 5.19. The molecule has 2 amide bonds. The van der Waals surface area contributed by atoms with Gasteiger partial charge in [0, 0.05) is 17.6 Å². The first kappa shape index (κ1) is 20.5. The standard InChI is InChI=1S/C26H33N3O/c1-17-9-8-12-29(20(17)4)16-26(21(5)27-25(30)28-26)23-13-18(2)24(19(3)14-23)15-22-10-6-7-11-22/h8-9,12-14,22H,4-7,10-11,15-16H2,1-3H3,(H2,27,28,30). The van der Waals surface area contributed by atoms with Crippen molar-refractivity contribution in [1.29, 1.82) is 0 Å². The molecular weight excluding hydrogens is 370 g/mol. The molecule has 4 heteroatoms. The van der Waals surface area contributed by atoms with Gasteiger partial charge in [0.25, 0.3) is 0 Å². The molecule has 1 atom stereocenters. The predicted octanol–water partition coefficient (Wildman–Crippen LogP) is 5.35. The Morgan fingerprint density at radius 2 is 1.80 bits per heavy atom. The zero-order valence-electron chi connectivity index (χ0n) is 18.5. The Balaban J connectivity index is 1.70. The molecule has 4 rings (SSSR count). The van der Waals surface area contributed by atoms with Crippen LogP contribution in [0.5, 0.6) is 0 Å². The zero-order chi connectivity index (χ0) is 21.5. The molecule has 1 saturated carbocycles. The number of urea groups is 1. The highest BCUT2D eigenvalue weighted by Crippen LogP contribution is 2.37. The van der Waals surface area contributed by atoms with Gasteiger partial charge in [-0.3, -0.25) is 0 Å². The molecule has 3 aliphatic rings. The topological polar surface area (TPSA) is 44.4 Å². The Bertz CT molecular complexity index is 941. The number of nitrogens with zero attached hydrogens (tertiary/aromatic N) is 1. The van der Waals surface area contributed by atoms with Crippen molar-refractivity contribution in [3.05, 3.63) is 82.9 Å². The third kappa shape index (κ3) is 3.60. The largest absolute Gasteiger partial charge is 0.345 e. The molecule has 158 valence electrons. The number of benzene rings is 1. The number of amides is 2. The first-order chi connectivity index (χ1) is 14.3. The summed E-state index contributed by atoms with van der Waals surface area (Å²) in [6.45, 7) is 15.5. The lowest BCUT2D eigenvalue weighted by Crippen LogP contribution is -2.48. The molecule has 0 bridgehead atoms. The van der Waals surface area contributed by atoms with Crippen molar-refractivity contribution in [2.75, 3.05) is 6.54 Å².